The molecular weight excluding hydrogens is 408 g/mol. The number of anilines is 1. The molecule has 1 aromatic carbocycles. The number of fused-ring (bicyclic) bond motifs is 1. The van der Waals surface area contributed by atoms with E-state index in [9.17, 15) is 18.0 Å². The Hall–Kier alpha value is -3.76. The number of pyridine rings is 1. The van der Waals surface area contributed by atoms with E-state index in [-0.39, 0.29) is 22.7 Å². The highest BCUT2D eigenvalue weighted by Crippen LogP contribution is 2.16. The quantitative estimate of drug-likeness (QED) is 0.488. The van der Waals surface area contributed by atoms with Crippen molar-refractivity contribution in [3.8, 4) is 0 Å². The number of carbonyl (C=O) groups is 1. The highest BCUT2D eigenvalue weighted by molar-refractivity contribution is 7.89. The van der Waals surface area contributed by atoms with Crippen LogP contribution in [0.2, 0.25) is 0 Å². The zero-order valence-electron chi connectivity index (χ0n) is 15.5. The van der Waals surface area contributed by atoms with Crippen molar-refractivity contribution in [2.45, 2.75) is 11.4 Å². The molecule has 4 rings (SSSR count). The Morgan fingerprint density at radius 3 is 2.77 bits per heavy atom. The number of furan rings is 1. The summed E-state index contributed by atoms with van der Waals surface area (Å²) in [6.45, 7) is -0.00849. The molecule has 0 radical (unpaired) electrons. The summed E-state index contributed by atoms with van der Waals surface area (Å²) < 4.78 is 33.8. The molecule has 0 aliphatic rings. The minimum Gasteiger partial charge on any atom is -0.468 e. The second-order valence-corrected chi connectivity index (χ2v) is 8.06. The highest BCUT2D eigenvalue weighted by Gasteiger charge is 2.17. The van der Waals surface area contributed by atoms with Crippen LogP contribution in [0.3, 0.4) is 0 Å². The van der Waals surface area contributed by atoms with Crippen LogP contribution in [0.5, 0.6) is 0 Å². The lowest BCUT2D eigenvalue weighted by Crippen LogP contribution is -2.27. The van der Waals surface area contributed by atoms with Gasteiger partial charge in [0.2, 0.25) is 10.0 Å². The zero-order chi connectivity index (χ0) is 21.1. The number of nitrogens with zero attached hydrogens (tertiary/aromatic N) is 2. The summed E-state index contributed by atoms with van der Waals surface area (Å²) in [6, 6.07) is 14.0. The van der Waals surface area contributed by atoms with Crippen molar-refractivity contribution in [1.29, 1.82) is 0 Å². The molecule has 4 aromatic rings. The number of benzene rings is 1. The number of nitrogens with one attached hydrogen (secondary N) is 2. The molecule has 0 atom stereocenters. The van der Waals surface area contributed by atoms with Crippen LogP contribution in [-0.4, -0.2) is 23.7 Å². The Kier molecular flexibility index (Phi) is 5.17. The standard InChI is InChI=1S/C20H16N4O5S/c25-19(17-13-21-18-8-1-2-9-24(18)20(17)26)23-14-5-3-7-16(11-14)30(27,28)22-12-15-6-4-10-29-15/h1-11,13,22H,12H2,(H,23,25). The molecule has 10 heteroatoms. The minimum atomic E-state index is -3.84. The maximum atomic E-state index is 12.6. The zero-order valence-corrected chi connectivity index (χ0v) is 16.3. The van der Waals surface area contributed by atoms with Crippen LogP contribution in [0, 0.1) is 0 Å². The van der Waals surface area contributed by atoms with E-state index in [0.29, 0.717) is 11.4 Å². The van der Waals surface area contributed by atoms with Gasteiger partial charge in [-0.2, -0.15) is 0 Å². The van der Waals surface area contributed by atoms with Gasteiger partial charge < -0.3 is 9.73 Å². The first-order chi connectivity index (χ1) is 14.4. The summed E-state index contributed by atoms with van der Waals surface area (Å²) in [6.07, 6.45) is 4.15. The van der Waals surface area contributed by atoms with Crippen LogP contribution < -0.4 is 15.6 Å². The lowest BCUT2D eigenvalue weighted by molar-refractivity contribution is 0.102. The van der Waals surface area contributed by atoms with Crippen molar-refractivity contribution in [2.75, 3.05) is 5.32 Å². The normalized spacial score (nSPS) is 11.5. The van der Waals surface area contributed by atoms with Crippen LogP contribution >= 0.6 is 0 Å². The van der Waals surface area contributed by atoms with E-state index in [1.54, 1.807) is 30.3 Å². The van der Waals surface area contributed by atoms with Crippen molar-refractivity contribution in [3.63, 3.8) is 0 Å². The number of hydrogen-bond donors (Lipinski definition) is 2. The second-order valence-electron chi connectivity index (χ2n) is 6.29. The van der Waals surface area contributed by atoms with Crippen LogP contribution in [0.25, 0.3) is 5.65 Å². The van der Waals surface area contributed by atoms with Crippen molar-refractivity contribution in [3.05, 3.63) is 94.9 Å². The third-order valence-corrected chi connectivity index (χ3v) is 5.68. The van der Waals surface area contributed by atoms with Gasteiger partial charge in [0.05, 0.1) is 17.7 Å². The van der Waals surface area contributed by atoms with E-state index in [4.69, 9.17) is 4.42 Å². The number of rotatable bonds is 6. The maximum Gasteiger partial charge on any atom is 0.270 e. The largest absolute Gasteiger partial charge is 0.468 e. The Morgan fingerprint density at radius 1 is 1.10 bits per heavy atom. The fourth-order valence-electron chi connectivity index (χ4n) is 2.78. The number of carbonyl (C=O) groups excluding carboxylic acids is 1. The predicted molar refractivity (Wildman–Crippen MR) is 109 cm³/mol. The Labute approximate surface area is 171 Å². The molecule has 152 valence electrons. The predicted octanol–water partition coefficient (Wildman–Crippen LogP) is 2.02. The van der Waals surface area contributed by atoms with Gasteiger partial charge in [-0.05, 0) is 42.5 Å². The first-order valence-electron chi connectivity index (χ1n) is 8.84. The summed E-state index contributed by atoms with van der Waals surface area (Å²) >= 11 is 0. The molecule has 3 heterocycles. The molecule has 30 heavy (non-hydrogen) atoms. The van der Waals surface area contributed by atoms with Crippen LogP contribution in [0.1, 0.15) is 16.1 Å². The van der Waals surface area contributed by atoms with Gasteiger partial charge in [0, 0.05) is 18.1 Å². The molecule has 0 fully saturated rings. The lowest BCUT2D eigenvalue weighted by atomic mass is 10.2. The van der Waals surface area contributed by atoms with E-state index < -0.39 is 21.5 Å². The number of aromatic nitrogens is 2. The summed E-state index contributed by atoms with van der Waals surface area (Å²) in [5.74, 6) is -0.226. The second kappa shape index (κ2) is 7.93. The van der Waals surface area contributed by atoms with Gasteiger partial charge in [-0.3, -0.25) is 14.0 Å². The summed E-state index contributed by atoms with van der Waals surface area (Å²) in [5.41, 5.74) is -0.0573. The van der Waals surface area contributed by atoms with E-state index in [1.165, 1.54) is 47.3 Å². The number of hydrogen-bond acceptors (Lipinski definition) is 6. The number of sulfonamides is 1. The van der Waals surface area contributed by atoms with Crippen LogP contribution in [0.4, 0.5) is 5.69 Å². The minimum absolute atomic E-state index is 0.00849. The van der Waals surface area contributed by atoms with Crippen molar-refractivity contribution < 1.29 is 17.6 Å². The van der Waals surface area contributed by atoms with Gasteiger partial charge >= 0.3 is 0 Å². The van der Waals surface area contributed by atoms with E-state index >= 15 is 0 Å². The van der Waals surface area contributed by atoms with Crippen molar-refractivity contribution in [2.24, 2.45) is 0 Å². The molecule has 3 aromatic heterocycles. The fourth-order valence-corrected chi connectivity index (χ4v) is 3.82. The summed E-state index contributed by atoms with van der Waals surface area (Å²) in [5, 5.41) is 2.54. The van der Waals surface area contributed by atoms with E-state index in [2.05, 4.69) is 15.0 Å². The van der Waals surface area contributed by atoms with Gasteiger partial charge in [0.1, 0.15) is 17.0 Å². The monoisotopic (exact) mass is 424 g/mol. The van der Waals surface area contributed by atoms with E-state index in [1.807, 2.05) is 0 Å². The van der Waals surface area contributed by atoms with Crippen LogP contribution in [-0.2, 0) is 16.6 Å². The molecule has 0 spiro atoms. The van der Waals surface area contributed by atoms with Crippen molar-refractivity contribution >= 4 is 27.3 Å². The van der Waals surface area contributed by atoms with E-state index in [0.717, 1.165) is 0 Å². The van der Waals surface area contributed by atoms with Gasteiger partial charge in [-0.1, -0.05) is 12.1 Å². The molecule has 9 nitrogen and oxygen atoms in total. The molecule has 0 aliphatic heterocycles. The van der Waals surface area contributed by atoms with Gasteiger partial charge in [-0.15, -0.1) is 0 Å². The topological polar surface area (TPSA) is 123 Å². The first kappa shape index (κ1) is 19.6. The third kappa shape index (κ3) is 4.00. The smallest absolute Gasteiger partial charge is 0.270 e. The van der Waals surface area contributed by atoms with Gasteiger partial charge in [0.15, 0.2) is 0 Å². The SMILES string of the molecule is O=C(Nc1cccc(S(=O)(=O)NCc2ccco2)c1)c1cnc2ccccn2c1=O. The molecule has 0 saturated heterocycles. The Bertz CT molecular complexity index is 1380. The highest BCUT2D eigenvalue weighted by atomic mass is 32.2. The fraction of sp³-hybridized carbons (Fsp3) is 0.0500. The molecule has 1 amide bonds. The molecule has 0 bridgehead atoms. The first-order valence-corrected chi connectivity index (χ1v) is 10.3. The maximum absolute atomic E-state index is 12.6. The molecular formula is C20H16N4O5S. The Balaban J connectivity index is 1.55. The molecule has 2 N–H and O–H groups in total. The lowest BCUT2D eigenvalue weighted by Gasteiger charge is -2.09. The molecule has 0 unspecified atom stereocenters. The molecule has 0 aliphatic carbocycles. The van der Waals surface area contributed by atoms with Crippen LogP contribution in [0.15, 0.2) is 87.4 Å². The van der Waals surface area contributed by atoms with Gasteiger partial charge in [0.25, 0.3) is 11.5 Å². The summed E-state index contributed by atoms with van der Waals surface area (Å²) in [7, 11) is -3.84. The average molecular weight is 424 g/mol. The van der Waals surface area contributed by atoms with Crippen molar-refractivity contribution in [1.82, 2.24) is 14.1 Å². The average Bonchev–Trinajstić information content (AvgIpc) is 3.27. The Morgan fingerprint density at radius 2 is 1.97 bits per heavy atom. The van der Waals surface area contributed by atoms with Gasteiger partial charge in [-0.25, -0.2) is 18.1 Å². The number of amides is 1. The summed E-state index contributed by atoms with van der Waals surface area (Å²) in [4.78, 5) is 29.2. The molecule has 0 saturated carbocycles. The third-order valence-electron chi connectivity index (χ3n) is 4.28.